The summed E-state index contributed by atoms with van der Waals surface area (Å²) in [4.78, 5) is 28.3. The number of anilines is 1. The van der Waals surface area contributed by atoms with Crippen LogP contribution < -0.4 is 20.1 Å². The number of aromatic nitrogens is 1. The van der Waals surface area contributed by atoms with Gasteiger partial charge < -0.3 is 19.2 Å². The van der Waals surface area contributed by atoms with Gasteiger partial charge in [0.1, 0.15) is 0 Å². The van der Waals surface area contributed by atoms with Gasteiger partial charge >= 0.3 is 0 Å². The van der Waals surface area contributed by atoms with Gasteiger partial charge in [0, 0.05) is 11.9 Å². The third-order valence-electron chi connectivity index (χ3n) is 4.04. The zero-order chi connectivity index (χ0) is 20.6. The Kier molecular flexibility index (Phi) is 6.85. The minimum atomic E-state index is -0.379. The summed E-state index contributed by atoms with van der Waals surface area (Å²) in [5, 5.41) is 7.67. The zero-order valence-electron chi connectivity index (χ0n) is 16.1. The molecule has 0 spiro atoms. The molecule has 8 nitrogen and oxygen atoms in total. The van der Waals surface area contributed by atoms with E-state index in [1.54, 1.807) is 31.7 Å². The average molecular weight is 415 g/mol. The van der Waals surface area contributed by atoms with Crippen molar-refractivity contribution in [2.45, 2.75) is 12.8 Å². The van der Waals surface area contributed by atoms with Crippen LogP contribution in [-0.2, 0) is 17.6 Å². The minimum absolute atomic E-state index is 0.138. The maximum absolute atomic E-state index is 12.2. The van der Waals surface area contributed by atoms with Gasteiger partial charge in [0.15, 0.2) is 22.4 Å². The van der Waals surface area contributed by atoms with Gasteiger partial charge in [-0.1, -0.05) is 6.07 Å². The molecule has 0 bridgehead atoms. The number of nitrogens with one attached hydrogen (secondary N) is 2. The molecule has 0 saturated carbocycles. The summed E-state index contributed by atoms with van der Waals surface area (Å²) in [6.07, 6.45) is 2.22. The van der Waals surface area contributed by atoms with Crippen LogP contribution in [0.25, 0.3) is 0 Å². The van der Waals surface area contributed by atoms with Gasteiger partial charge in [-0.05, 0) is 36.2 Å². The van der Waals surface area contributed by atoms with Crippen LogP contribution in [-0.4, -0.2) is 37.6 Å². The van der Waals surface area contributed by atoms with Crippen molar-refractivity contribution in [2.24, 2.45) is 0 Å². The van der Waals surface area contributed by atoms with Crippen LogP contribution in [0.5, 0.6) is 11.5 Å². The molecule has 0 saturated heterocycles. The summed E-state index contributed by atoms with van der Waals surface area (Å²) in [5.74, 6) is 1.01. The van der Waals surface area contributed by atoms with E-state index in [1.165, 1.54) is 17.6 Å². The van der Waals surface area contributed by atoms with E-state index in [-0.39, 0.29) is 24.0 Å². The molecule has 0 radical (unpaired) electrons. The third-order valence-corrected chi connectivity index (χ3v) is 4.85. The molecule has 2 N–H and O–H groups in total. The molecule has 2 heterocycles. The molecule has 2 amide bonds. The number of rotatable bonds is 9. The molecule has 9 heteroatoms. The fraction of sp³-hybridized carbons (Fsp3) is 0.250. The number of amides is 2. The molecule has 0 aliphatic rings. The average Bonchev–Trinajstić information content (AvgIpc) is 3.40. The molecule has 0 aliphatic carbocycles. The van der Waals surface area contributed by atoms with Gasteiger partial charge in [0.25, 0.3) is 5.91 Å². The topological polar surface area (TPSA) is 103 Å². The SMILES string of the molecule is COc1ccc(CCNC(=O)Cc2csc(NC(=O)c3ccco3)n2)cc1OC. The van der Waals surface area contributed by atoms with E-state index in [2.05, 4.69) is 15.6 Å². The first-order valence-corrected chi connectivity index (χ1v) is 9.74. The van der Waals surface area contributed by atoms with Crippen molar-refractivity contribution in [1.29, 1.82) is 0 Å². The lowest BCUT2D eigenvalue weighted by Crippen LogP contribution is -2.27. The fourth-order valence-corrected chi connectivity index (χ4v) is 3.33. The van der Waals surface area contributed by atoms with Gasteiger partial charge in [0.05, 0.1) is 32.6 Å². The van der Waals surface area contributed by atoms with Gasteiger partial charge in [-0.15, -0.1) is 11.3 Å². The Hall–Kier alpha value is -3.33. The highest BCUT2D eigenvalue weighted by Crippen LogP contribution is 2.27. The molecule has 0 aliphatic heterocycles. The number of methoxy groups -OCH3 is 2. The standard InChI is InChI=1S/C20H21N3O5S/c1-26-15-6-5-13(10-17(15)27-2)7-8-21-18(24)11-14-12-29-20(22-14)23-19(25)16-4-3-9-28-16/h3-6,9-10,12H,7-8,11H2,1-2H3,(H,21,24)(H,22,23,25). The Morgan fingerprint density at radius 2 is 2.00 bits per heavy atom. The van der Waals surface area contributed by atoms with Crippen LogP contribution in [0.2, 0.25) is 0 Å². The quantitative estimate of drug-likeness (QED) is 0.557. The van der Waals surface area contributed by atoms with E-state index in [4.69, 9.17) is 13.9 Å². The first kappa shape index (κ1) is 20.4. The highest BCUT2D eigenvalue weighted by molar-refractivity contribution is 7.14. The first-order chi connectivity index (χ1) is 14.1. The van der Waals surface area contributed by atoms with Gasteiger partial charge in [0.2, 0.25) is 5.91 Å². The van der Waals surface area contributed by atoms with Crippen molar-refractivity contribution in [3.8, 4) is 11.5 Å². The lowest BCUT2D eigenvalue weighted by Gasteiger charge is -2.10. The number of carbonyl (C=O) groups is 2. The van der Waals surface area contributed by atoms with Crippen LogP contribution in [0, 0.1) is 0 Å². The Bertz CT molecular complexity index is 968. The number of carbonyl (C=O) groups excluding carboxylic acids is 2. The number of benzene rings is 1. The molecule has 1 aromatic carbocycles. The van der Waals surface area contributed by atoms with Crippen molar-refractivity contribution >= 4 is 28.3 Å². The van der Waals surface area contributed by atoms with E-state index in [0.717, 1.165) is 5.56 Å². The molecule has 0 fully saturated rings. The Morgan fingerprint density at radius 1 is 1.17 bits per heavy atom. The molecular weight excluding hydrogens is 394 g/mol. The number of ether oxygens (including phenoxy) is 2. The van der Waals surface area contributed by atoms with E-state index >= 15 is 0 Å². The second-order valence-corrected chi connectivity index (χ2v) is 6.90. The van der Waals surface area contributed by atoms with E-state index in [0.29, 0.717) is 35.3 Å². The van der Waals surface area contributed by atoms with Crippen molar-refractivity contribution in [3.05, 3.63) is 59.0 Å². The zero-order valence-corrected chi connectivity index (χ0v) is 16.9. The number of hydrogen-bond acceptors (Lipinski definition) is 7. The maximum Gasteiger partial charge on any atom is 0.293 e. The largest absolute Gasteiger partial charge is 0.493 e. The number of thiazole rings is 1. The summed E-state index contributed by atoms with van der Waals surface area (Å²) >= 11 is 1.25. The highest BCUT2D eigenvalue weighted by atomic mass is 32.1. The molecule has 3 rings (SSSR count). The second-order valence-electron chi connectivity index (χ2n) is 6.04. The fourth-order valence-electron chi connectivity index (χ4n) is 2.62. The van der Waals surface area contributed by atoms with Crippen LogP contribution in [0.3, 0.4) is 0 Å². The number of hydrogen-bond donors (Lipinski definition) is 2. The molecule has 0 unspecified atom stereocenters. The third kappa shape index (κ3) is 5.58. The van der Waals surface area contributed by atoms with Crippen molar-refractivity contribution in [1.82, 2.24) is 10.3 Å². The van der Waals surface area contributed by atoms with Gasteiger partial charge in [-0.25, -0.2) is 4.98 Å². The maximum atomic E-state index is 12.2. The van der Waals surface area contributed by atoms with Crippen molar-refractivity contribution in [2.75, 3.05) is 26.1 Å². The molecule has 3 aromatic rings. The Morgan fingerprint density at radius 3 is 2.72 bits per heavy atom. The van der Waals surface area contributed by atoms with E-state index in [1.807, 2.05) is 18.2 Å². The first-order valence-electron chi connectivity index (χ1n) is 8.86. The van der Waals surface area contributed by atoms with Crippen LogP contribution in [0.1, 0.15) is 21.8 Å². The van der Waals surface area contributed by atoms with Crippen molar-refractivity contribution < 1.29 is 23.5 Å². The monoisotopic (exact) mass is 415 g/mol. The van der Waals surface area contributed by atoms with E-state index in [9.17, 15) is 9.59 Å². The molecular formula is C20H21N3O5S. The molecule has 152 valence electrons. The van der Waals surface area contributed by atoms with E-state index < -0.39 is 0 Å². The number of nitrogens with zero attached hydrogens (tertiary/aromatic N) is 1. The Labute approximate surface area is 171 Å². The summed E-state index contributed by atoms with van der Waals surface area (Å²) in [6, 6.07) is 8.86. The van der Waals surface area contributed by atoms with Crippen molar-refractivity contribution in [3.63, 3.8) is 0 Å². The predicted octanol–water partition coefficient (Wildman–Crippen LogP) is 2.91. The lowest BCUT2D eigenvalue weighted by molar-refractivity contribution is -0.120. The summed E-state index contributed by atoms with van der Waals surface area (Å²) in [7, 11) is 3.17. The molecule has 29 heavy (non-hydrogen) atoms. The Balaban J connectivity index is 1.45. The molecule has 0 atom stereocenters. The highest BCUT2D eigenvalue weighted by Gasteiger charge is 2.13. The smallest absolute Gasteiger partial charge is 0.293 e. The minimum Gasteiger partial charge on any atom is -0.493 e. The van der Waals surface area contributed by atoms with Gasteiger partial charge in [-0.3, -0.25) is 14.9 Å². The normalized spacial score (nSPS) is 10.4. The lowest BCUT2D eigenvalue weighted by atomic mass is 10.1. The van der Waals surface area contributed by atoms with Crippen LogP contribution in [0.4, 0.5) is 5.13 Å². The van der Waals surface area contributed by atoms with Crippen LogP contribution in [0.15, 0.2) is 46.4 Å². The predicted molar refractivity (Wildman–Crippen MR) is 109 cm³/mol. The van der Waals surface area contributed by atoms with Gasteiger partial charge in [-0.2, -0.15) is 0 Å². The number of furan rings is 1. The van der Waals surface area contributed by atoms with Crippen LogP contribution >= 0.6 is 11.3 Å². The summed E-state index contributed by atoms with van der Waals surface area (Å²) < 4.78 is 15.5. The molecule has 2 aromatic heterocycles. The summed E-state index contributed by atoms with van der Waals surface area (Å²) in [5.41, 5.74) is 1.62. The second kappa shape index (κ2) is 9.74. The summed E-state index contributed by atoms with van der Waals surface area (Å²) in [6.45, 7) is 0.487.